The molecule has 0 aliphatic carbocycles. The molecule has 0 aliphatic rings. The molecule has 1 amide bonds. The summed E-state index contributed by atoms with van der Waals surface area (Å²) in [5.74, 6) is 0.718. The maximum atomic E-state index is 10.9. The molecule has 3 nitrogen and oxygen atoms in total. The molecule has 0 bridgehead atoms. The monoisotopic (exact) mass is 191 g/mol. The third-order valence-corrected chi connectivity index (χ3v) is 2.38. The van der Waals surface area contributed by atoms with Gasteiger partial charge in [-0.15, -0.1) is 0 Å². The number of rotatable bonds is 5. The average molecular weight is 191 g/mol. The Morgan fingerprint density at radius 1 is 1.58 bits per heavy atom. The van der Waals surface area contributed by atoms with E-state index >= 15 is 0 Å². The van der Waals surface area contributed by atoms with E-state index in [9.17, 15) is 9.00 Å². The minimum Gasteiger partial charge on any atom is -0.354 e. The zero-order chi connectivity index (χ0) is 9.56. The molecule has 0 saturated heterocycles. The van der Waals surface area contributed by atoms with Crippen LogP contribution in [0, 0.1) is 0 Å². The molecule has 0 spiro atoms. The molecule has 2 atom stereocenters. The molecule has 0 rings (SSSR count). The van der Waals surface area contributed by atoms with Gasteiger partial charge in [-0.1, -0.05) is 6.92 Å². The number of nitrogens with one attached hydrogen (secondary N) is 1. The molecule has 1 N–H and O–H groups in total. The second-order valence-electron chi connectivity index (χ2n) is 2.89. The van der Waals surface area contributed by atoms with Crippen molar-refractivity contribution in [1.29, 1.82) is 0 Å². The Morgan fingerprint density at radius 2 is 2.17 bits per heavy atom. The van der Waals surface area contributed by atoms with Gasteiger partial charge >= 0.3 is 0 Å². The zero-order valence-corrected chi connectivity index (χ0v) is 8.74. The smallest absolute Gasteiger partial charge is 0.219 e. The second-order valence-corrected chi connectivity index (χ2v) is 4.44. The Morgan fingerprint density at radius 3 is 2.58 bits per heavy atom. The molecule has 4 heteroatoms. The summed E-state index contributed by atoms with van der Waals surface area (Å²) < 4.78 is 10.7. The molecule has 0 radical (unpaired) electrons. The van der Waals surface area contributed by atoms with Crippen LogP contribution < -0.4 is 5.32 Å². The van der Waals surface area contributed by atoms with Crippen molar-refractivity contribution in [1.82, 2.24) is 5.32 Å². The van der Waals surface area contributed by atoms with Gasteiger partial charge in [0.15, 0.2) is 0 Å². The third-order valence-electron chi connectivity index (χ3n) is 1.57. The predicted molar refractivity (Wildman–Crippen MR) is 51.4 cm³/mol. The maximum Gasteiger partial charge on any atom is 0.219 e. The lowest BCUT2D eigenvalue weighted by Crippen LogP contribution is -2.32. The standard InChI is InChI=1S/C8H17NO2S/c1-4-8(10)9-7(2)5-6-12(3)11/h7H,4-6H2,1-3H3,(H,9,10). The van der Waals surface area contributed by atoms with Crippen LogP contribution in [-0.2, 0) is 15.6 Å². The van der Waals surface area contributed by atoms with E-state index in [1.54, 1.807) is 6.26 Å². The highest BCUT2D eigenvalue weighted by Crippen LogP contribution is 1.93. The minimum atomic E-state index is -0.754. The van der Waals surface area contributed by atoms with Crippen LogP contribution in [0.2, 0.25) is 0 Å². The van der Waals surface area contributed by atoms with Crippen LogP contribution in [-0.4, -0.2) is 28.2 Å². The van der Waals surface area contributed by atoms with Gasteiger partial charge in [0.05, 0.1) is 0 Å². The molecule has 0 aliphatic heterocycles. The van der Waals surface area contributed by atoms with E-state index in [4.69, 9.17) is 0 Å². The highest BCUT2D eigenvalue weighted by molar-refractivity contribution is 7.84. The van der Waals surface area contributed by atoms with Gasteiger partial charge in [0, 0.05) is 35.3 Å². The second kappa shape index (κ2) is 6.17. The summed E-state index contributed by atoms with van der Waals surface area (Å²) in [5, 5.41) is 2.81. The summed E-state index contributed by atoms with van der Waals surface area (Å²) in [5.41, 5.74) is 0. The molecule has 12 heavy (non-hydrogen) atoms. The molecule has 0 aromatic rings. The number of hydrogen-bond acceptors (Lipinski definition) is 2. The van der Waals surface area contributed by atoms with E-state index in [1.807, 2.05) is 13.8 Å². The molecule has 0 aromatic carbocycles. The summed E-state index contributed by atoms with van der Waals surface area (Å²) >= 11 is 0. The van der Waals surface area contributed by atoms with Gasteiger partial charge in [-0.3, -0.25) is 9.00 Å². The zero-order valence-electron chi connectivity index (χ0n) is 7.92. The van der Waals surface area contributed by atoms with Crippen molar-refractivity contribution < 1.29 is 9.00 Å². The van der Waals surface area contributed by atoms with Crippen molar-refractivity contribution in [3.8, 4) is 0 Å². The van der Waals surface area contributed by atoms with Gasteiger partial charge in [-0.2, -0.15) is 0 Å². The number of amides is 1. The molecule has 0 fully saturated rings. The van der Waals surface area contributed by atoms with Gasteiger partial charge in [0.1, 0.15) is 0 Å². The topological polar surface area (TPSA) is 46.2 Å². The lowest BCUT2D eigenvalue weighted by Gasteiger charge is -2.11. The Kier molecular flexibility index (Phi) is 5.98. The number of carbonyl (C=O) groups is 1. The first kappa shape index (κ1) is 11.6. The minimum absolute atomic E-state index is 0.0596. The third kappa shape index (κ3) is 6.34. The van der Waals surface area contributed by atoms with Gasteiger partial charge in [0.2, 0.25) is 5.91 Å². The summed E-state index contributed by atoms with van der Waals surface area (Å²) in [6.07, 6.45) is 2.97. The number of hydrogen-bond donors (Lipinski definition) is 1. The summed E-state index contributed by atoms with van der Waals surface area (Å²) in [7, 11) is -0.754. The van der Waals surface area contributed by atoms with Crippen LogP contribution in [0.3, 0.4) is 0 Å². The van der Waals surface area contributed by atoms with Gasteiger partial charge in [-0.25, -0.2) is 0 Å². The van der Waals surface area contributed by atoms with Crippen molar-refractivity contribution in [2.24, 2.45) is 0 Å². The van der Waals surface area contributed by atoms with E-state index in [0.29, 0.717) is 12.2 Å². The van der Waals surface area contributed by atoms with Crippen LogP contribution >= 0.6 is 0 Å². The van der Waals surface area contributed by atoms with E-state index < -0.39 is 10.8 Å². The van der Waals surface area contributed by atoms with Crippen LogP contribution in [0.15, 0.2) is 0 Å². The largest absolute Gasteiger partial charge is 0.354 e. The first-order chi connectivity index (χ1) is 5.56. The Hall–Kier alpha value is -0.380. The van der Waals surface area contributed by atoms with Crippen LogP contribution in [0.5, 0.6) is 0 Å². The van der Waals surface area contributed by atoms with E-state index in [0.717, 1.165) is 6.42 Å². The van der Waals surface area contributed by atoms with Crippen LogP contribution in [0.25, 0.3) is 0 Å². The van der Waals surface area contributed by atoms with Crippen LogP contribution in [0.4, 0.5) is 0 Å². The quantitative estimate of drug-likeness (QED) is 0.694. The van der Waals surface area contributed by atoms with Gasteiger partial charge < -0.3 is 5.32 Å². The van der Waals surface area contributed by atoms with E-state index in [-0.39, 0.29) is 11.9 Å². The van der Waals surface area contributed by atoms with Crippen molar-refractivity contribution in [3.05, 3.63) is 0 Å². The van der Waals surface area contributed by atoms with E-state index in [2.05, 4.69) is 5.32 Å². The van der Waals surface area contributed by atoms with Gasteiger partial charge in [-0.05, 0) is 13.3 Å². The Labute approximate surface area is 76.4 Å². The van der Waals surface area contributed by atoms with Crippen molar-refractivity contribution >= 4 is 16.7 Å². The predicted octanol–water partition coefficient (Wildman–Crippen LogP) is 0.670. The summed E-state index contributed by atoms with van der Waals surface area (Å²) in [6.45, 7) is 3.75. The Balaban J connectivity index is 3.52. The molecule has 2 unspecified atom stereocenters. The molecule has 0 heterocycles. The van der Waals surface area contributed by atoms with Crippen LogP contribution in [0.1, 0.15) is 26.7 Å². The first-order valence-electron chi connectivity index (χ1n) is 4.15. The van der Waals surface area contributed by atoms with E-state index in [1.165, 1.54) is 0 Å². The fourth-order valence-corrected chi connectivity index (χ4v) is 1.48. The lowest BCUT2D eigenvalue weighted by molar-refractivity contribution is -0.121. The number of carbonyl (C=O) groups excluding carboxylic acids is 1. The van der Waals surface area contributed by atoms with Crippen molar-refractivity contribution in [2.75, 3.05) is 12.0 Å². The maximum absolute atomic E-state index is 10.9. The summed E-state index contributed by atoms with van der Waals surface area (Å²) in [4.78, 5) is 10.9. The molecule has 72 valence electrons. The normalized spacial score (nSPS) is 15.2. The SMILES string of the molecule is CCC(=O)NC(C)CCS(C)=O. The van der Waals surface area contributed by atoms with Gasteiger partial charge in [0.25, 0.3) is 0 Å². The molecule has 0 aromatic heterocycles. The first-order valence-corrected chi connectivity index (χ1v) is 5.88. The molecule has 0 saturated carbocycles. The highest BCUT2D eigenvalue weighted by Gasteiger charge is 2.05. The summed E-state index contributed by atoms with van der Waals surface area (Å²) in [6, 6.07) is 0.140. The molecular weight excluding hydrogens is 174 g/mol. The molecular formula is C8H17NO2S. The fraction of sp³-hybridized carbons (Fsp3) is 0.875. The highest BCUT2D eigenvalue weighted by atomic mass is 32.2. The Bertz CT molecular complexity index is 170. The fourth-order valence-electron chi connectivity index (χ4n) is 0.792. The lowest BCUT2D eigenvalue weighted by atomic mass is 10.2. The van der Waals surface area contributed by atoms with Crippen molar-refractivity contribution in [2.45, 2.75) is 32.7 Å². The average Bonchev–Trinajstić information content (AvgIpc) is 2.00. The van der Waals surface area contributed by atoms with Crippen molar-refractivity contribution in [3.63, 3.8) is 0 Å².